The van der Waals surface area contributed by atoms with Gasteiger partial charge in [0.15, 0.2) is 0 Å². The Morgan fingerprint density at radius 3 is 2.80 bits per heavy atom. The van der Waals surface area contributed by atoms with Gasteiger partial charge < -0.3 is 9.42 Å². The highest BCUT2D eigenvalue weighted by atomic mass is 35.5. The first kappa shape index (κ1) is 18.6. The molecule has 0 N–H and O–H groups in total. The number of aromatic nitrogens is 3. The molecule has 8 heteroatoms. The van der Waals surface area contributed by atoms with E-state index in [1.165, 1.54) is 16.5 Å². The monoisotopic (exact) mass is 420 g/mol. The van der Waals surface area contributed by atoms with Gasteiger partial charge >= 0.3 is 0 Å². The Labute approximate surface area is 176 Å². The van der Waals surface area contributed by atoms with Gasteiger partial charge in [-0.25, -0.2) is 4.98 Å². The fourth-order valence-electron chi connectivity index (χ4n) is 3.83. The third-order valence-electron chi connectivity index (χ3n) is 5.35. The Hall–Kier alpha value is -3.45. The summed E-state index contributed by atoms with van der Waals surface area (Å²) in [5.41, 5.74) is 2.89. The van der Waals surface area contributed by atoms with Crippen molar-refractivity contribution >= 4 is 34.3 Å². The van der Waals surface area contributed by atoms with Crippen LogP contribution in [0.5, 0.6) is 0 Å². The van der Waals surface area contributed by atoms with Gasteiger partial charge in [-0.2, -0.15) is 0 Å². The molecule has 2 aromatic heterocycles. The number of nitrogens with zero attached hydrogens (tertiary/aromatic N) is 4. The predicted octanol–water partition coefficient (Wildman–Crippen LogP) is 3.68. The van der Waals surface area contributed by atoms with Crippen LogP contribution in [0.4, 0.5) is 5.69 Å². The molecule has 5 rings (SSSR count). The summed E-state index contributed by atoms with van der Waals surface area (Å²) in [5.74, 6) is -0.0245. The lowest BCUT2D eigenvalue weighted by Crippen LogP contribution is -2.31. The van der Waals surface area contributed by atoms with Crippen molar-refractivity contribution in [2.45, 2.75) is 19.4 Å². The van der Waals surface area contributed by atoms with Gasteiger partial charge in [0.1, 0.15) is 17.4 Å². The Morgan fingerprint density at radius 1 is 1.13 bits per heavy atom. The fraction of sp³-hybridized carbons (Fsp3) is 0.182. The molecule has 1 aliphatic heterocycles. The molecule has 30 heavy (non-hydrogen) atoms. The van der Waals surface area contributed by atoms with Crippen LogP contribution in [0.3, 0.4) is 0 Å². The van der Waals surface area contributed by atoms with E-state index < -0.39 is 0 Å². The minimum absolute atomic E-state index is 0.0245. The summed E-state index contributed by atoms with van der Waals surface area (Å²) in [7, 11) is 0. The number of amides is 1. The molecule has 2 aromatic carbocycles. The molecule has 1 aliphatic rings. The molecule has 0 bridgehead atoms. The lowest BCUT2D eigenvalue weighted by atomic mass is 10.1. The minimum Gasteiger partial charge on any atom is -0.335 e. The maximum atomic E-state index is 13.1. The summed E-state index contributed by atoms with van der Waals surface area (Å²) in [6, 6.07) is 15.0. The first-order chi connectivity index (χ1) is 14.6. The number of carbonyl (C=O) groups excluding carboxylic acids is 1. The first-order valence-electron chi connectivity index (χ1n) is 9.61. The molecule has 4 aromatic rings. The van der Waals surface area contributed by atoms with Crippen molar-refractivity contribution in [2.75, 3.05) is 11.4 Å². The largest absolute Gasteiger partial charge is 0.335 e. The van der Waals surface area contributed by atoms with E-state index >= 15 is 0 Å². The van der Waals surface area contributed by atoms with Gasteiger partial charge in [0.05, 0.1) is 5.02 Å². The Balaban J connectivity index is 1.43. The fourth-order valence-corrected chi connectivity index (χ4v) is 4.05. The molecule has 0 aliphatic carbocycles. The van der Waals surface area contributed by atoms with Crippen LogP contribution in [-0.4, -0.2) is 27.2 Å². The molecule has 1 amide bonds. The average Bonchev–Trinajstić information content (AvgIpc) is 3.38. The van der Waals surface area contributed by atoms with E-state index in [-0.39, 0.29) is 35.5 Å². The molecule has 7 nitrogen and oxygen atoms in total. The molecule has 0 saturated heterocycles. The van der Waals surface area contributed by atoms with Crippen LogP contribution in [0.15, 0.2) is 64.2 Å². The van der Waals surface area contributed by atoms with Crippen LogP contribution in [0.1, 0.15) is 12.0 Å². The zero-order valence-corrected chi connectivity index (χ0v) is 16.7. The van der Waals surface area contributed by atoms with E-state index in [0.29, 0.717) is 22.8 Å². The number of aryl methyl sites for hydroxylation is 1. The summed E-state index contributed by atoms with van der Waals surface area (Å²) in [6.07, 6.45) is 2.42. The van der Waals surface area contributed by atoms with E-state index in [1.807, 2.05) is 30.3 Å². The second-order valence-electron chi connectivity index (χ2n) is 7.11. The molecule has 0 radical (unpaired) electrons. The van der Waals surface area contributed by atoms with Gasteiger partial charge in [0, 0.05) is 30.8 Å². The molecule has 0 atom stereocenters. The Bertz CT molecular complexity index is 1330. The highest BCUT2D eigenvalue weighted by Gasteiger charge is 2.24. The number of para-hydroxylation sites is 1. The first-order valence-corrected chi connectivity index (χ1v) is 9.99. The van der Waals surface area contributed by atoms with E-state index in [4.69, 9.17) is 16.1 Å². The maximum absolute atomic E-state index is 13.1. The van der Waals surface area contributed by atoms with Gasteiger partial charge in [0.25, 0.3) is 11.3 Å². The quantitative estimate of drug-likeness (QED) is 0.503. The summed E-state index contributed by atoms with van der Waals surface area (Å²) in [4.78, 5) is 31.8. The number of hydrogen-bond acceptors (Lipinski definition) is 5. The Kier molecular flexibility index (Phi) is 4.59. The summed E-state index contributed by atoms with van der Waals surface area (Å²) in [6.45, 7) is 0.874. The van der Waals surface area contributed by atoms with Gasteiger partial charge in [-0.3, -0.25) is 14.2 Å². The van der Waals surface area contributed by atoms with Crippen LogP contribution in [-0.2, 0) is 17.8 Å². The lowest BCUT2D eigenvalue weighted by molar-refractivity contribution is -0.118. The van der Waals surface area contributed by atoms with Crippen LogP contribution < -0.4 is 10.5 Å². The molecular weight excluding hydrogens is 404 g/mol. The third-order valence-corrected chi connectivity index (χ3v) is 5.68. The van der Waals surface area contributed by atoms with Crippen molar-refractivity contribution in [3.8, 4) is 11.3 Å². The topological polar surface area (TPSA) is 81.2 Å². The van der Waals surface area contributed by atoms with E-state index in [2.05, 4.69) is 10.1 Å². The number of halogens is 1. The molecule has 0 saturated carbocycles. The summed E-state index contributed by atoms with van der Waals surface area (Å²) in [5, 5.41) is 4.72. The second-order valence-corrected chi connectivity index (χ2v) is 7.52. The average molecular weight is 421 g/mol. The zero-order chi connectivity index (χ0) is 20.7. The van der Waals surface area contributed by atoms with Crippen molar-refractivity contribution < 1.29 is 9.32 Å². The SMILES string of the molecule is O=C(CCn1cnc2onc(-c3ccccc3Cl)c2c1=O)N1CCc2ccccc21. The number of carbonyl (C=O) groups is 1. The summed E-state index contributed by atoms with van der Waals surface area (Å²) < 4.78 is 6.65. The van der Waals surface area contributed by atoms with Crippen molar-refractivity contribution in [1.82, 2.24) is 14.7 Å². The van der Waals surface area contributed by atoms with E-state index in [0.717, 1.165) is 12.1 Å². The van der Waals surface area contributed by atoms with Crippen molar-refractivity contribution in [3.05, 3.63) is 75.8 Å². The van der Waals surface area contributed by atoms with Gasteiger partial charge in [-0.05, 0) is 24.1 Å². The van der Waals surface area contributed by atoms with E-state index in [1.54, 1.807) is 23.1 Å². The second kappa shape index (κ2) is 7.42. The summed E-state index contributed by atoms with van der Waals surface area (Å²) >= 11 is 6.26. The number of anilines is 1. The predicted molar refractivity (Wildman–Crippen MR) is 114 cm³/mol. The van der Waals surface area contributed by atoms with E-state index in [9.17, 15) is 9.59 Å². The zero-order valence-electron chi connectivity index (χ0n) is 15.9. The van der Waals surface area contributed by atoms with Crippen LogP contribution in [0.2, 0.25) is 5.02 Å². The van der Waals surface area contributed by atoms with Crippen LogP contribution >= 0.6 is 11.6 Å². The van der Waals surface area contributed by atoms with Crippen molar-refractivity contribution in [1.29, 1.82) is 0 Å². The molecule has 3 heterocycles. The van der Waals surface area contributed by atoms with Crippen molar-refractivity contribution in [2.24, 2.45) is 0 Å². The number of hydrogen-bond donors (Lipinski definition) is 0. The van der Waals surface area contributed by atoms with Gasteiger partial charge in [-0.15, -0.1) is 0 Å². The highest BCUT2D eigenvalue weighted by molar-refractivity contribution is 6.33. The van der Waals surface area contributed by atoms with Crippen molar-refractivity contribution in [3.63, 3.8) is 0 Å². The van der Waals surface area contributed by atoms with Gasteiger partial charge in [-0.1, -0.05) is 53.2 Å². The lowest BCUT2D eigenvalue weighted by Gasteiger charge is -2.17. The minimum atomic E-state index is -0.314. The number of benzene rings is 2. The number of rotatable bonds is 4. The normalized spacial score (nSPS) is 13.0. The van der Waals surface area contributed by atoms with Crippen LogP contribution in [0.25, 0.3) is 22.4 Å². The van der Waals surface area contributed by atoms with Crippen LogP contribution in [0, 0.1) is 0 Å². The smallest absolute Gasteiger partial charge is 0.266 e. The highest BCUT2D eigenvalue weighted by Crippen LogP contribution is 2.30. The molecule has 0 fully saturated rings. The standard InChI is InChI=1S/C22H17ClN4O3/c23-16-7-3-2-6-15(16)20-19-21(30-25-20)24-13-26(22(19)29)11-10-18(28)27-12-9-14-5-1-4-8-17(14)27/h1-8,13H,9-12H2. The molecule has 150 valence electrons. The molecule has 0 unspecified atom stereocenters. The third kappa shape index (κ3) is 3.07. The maximum Gasteiger partial charge on any atom is 0.266 e. The number of fused-ring (bicyclic) bond motifs is 2. The van der Waals surface area contributed by atoms with Gasteiger partial charge in [0.2, 0.25) is 5.91 Å². The molecule has 0 spiro atoms. The molecular formula is C22H17ClN4O3. The Morgan fingerprint density at radius 2 is 1.93 bits per heavy atom.